The molecule has 0 aliphatic heterocycles. The molecule has 0 spiro atoms. The standard InChI is InChI=1S/C4H13O4P.C2H4O2.H3O4P/c5-1-9(2-6,3-7)4-8;1-2(3)4;1-5(2,3)4/h5-9H,1-4H2;1H3,(H,3,4);(H3,1,2,3,4). The fourth-order valence-corrected chi connectivity index (χ4v) is 0.900. The predicted octanol–water partition coefficient (Wildman–Crippen LogP) is -2.30. The van der Waals surface area contributed by atoms with Crippen molar-refractivity contribution in [2.45, 2.75) is 6.92 Å². The van der Waals surface area contributed by atoms with Gasteiger partial charge in [-0.3, -0.25) is 4.79 Å². The van der Waals surface area contributed by atoms with Crippen molar-refractivity contribution in [1.29, 1.82) is 0 Å². The van der Waals surface area contributed by atoms with Crippen molar-refractivity contribution >= 4 is 21.1 Å². The van der Waals surface area contributed by atoms with Crippen molar-refractivity contribution in [3.8, 4) is 0 Å². The van der Waals surface area contributed by atoms with Crippen LogP contribution < -0.4 is 0 Å². The van der Waals surface area contributed by atoms with Crippen LogP contribution in [0.3, 0.4) is 0 Å². The Labute approximate surface area is 104 Å². The summed E-state index contributed by atoms with van der Waals surface area (Å²) in [5, 5.41) is 41.6. The van der Waals surface area contributed by atoms with Gasteiger partial charge in [0.2, 0.25) is 0 Å². The molecule has 18 heavy (non-hydrogen) atoms. The first kappa shape index (κ1) is 23.0. The maximum atomic E-state index is 9.00. The van der Waals surface area contributed by atoms with Crippen molar-refractivity contribution in [3.05, 3.63) is 0 Å². The molecular formula is C6H20O10P2. The predicted molar refractivity (Wildman–Crippen MR) is 64.2 cm³/mol. The molecule has 0 aromatic heterocycles. The fraction of sp³-hybridized carbons (Fsp3) is 0.833. The summed E-state index contributed by atoms with van der Waals surface area (Å²) in [5.41, 5.74) is 0. The Morgan fingerprint density at radius 2 is 1.06 bits per heavy atom. The van der Waals surface area contributed by atoms with Gasteiger partial charge in [0, 0.05) is 6.92 Å². The topological polar surface area (TPSA) is 196 Å². The van der Waals surface area contributed by atoms with E-state index in [1.54, 1.807) is 0 Å². The maximum absolute atomic E-state index is 9.00. The van der Waals surface area contributed by atoms with E-state index in [2.05, 4.69) is 0 Å². The monoisotopic (exact) mass is 314 g/mol. The molecule has 0 saturated carbocycles. The van der Waals surface area contributed by atoms with Crippen LogP contribution in [0.4, 0.5) is 0 Å². The molecule has 12 heteroatoms. The third-order valence-corrected chi connectivity index (χ3v) is 4.02. The molecule has 0 radical (unpaired) electrons. The number of aliphatic hydroxyl groups excluding tert-OH is 4. The summed E-state index contributed by atoms with van der Waals surface area (Å²) in [6.45, 7) is 1.08. The van der Waals surface area contributed by atoms with Crippen LogP contribution in [0.1, 0.15) is 6.92 Å². The second-order valence-electron chi connectivity index (χ2n) is 3.16. The molecule has 0 rings (SSSR count). The molecule has 0 aliphatic rings. The van der Waals surface area contributed by atoms with E-state index < -0.39 is 21.1 Å². The molecular weight excluding hydrogens is 294 g/mol. The van der Waals surface area contributed by atoms with Gasteiger partial charge in [0.15, 0.2) is 0 Å². The molecule has 0 aromatic carbocycles. The number of rotatable bonds is 4. The molecule has 8 N–H and O–H groups in total. The van der Waals surface area contributed by atoms with E-state index in [0.29, 0.717) is 0 Å². The summed E-state index contributed by atoms with van der Waals surface area (Å²) in [4.78, 5) is 30.6. The molecule has 10 nitrogen and oxygen atoms in total. The minimum atomic E-state index is -4.64. The average Bonchev–Trinajstić information content (AvgIpc) is 2.19. The molecule has 0 fully saturated rings. The average molecular weight is 314 g/mol. The Bertz CT molecular complexity index is 217. The summed E-state index contributed by atoms with van der Waals surface area (Å²) in [6, 6.07) is 0. The van der Waals surface area contributed by atoms with E-state index in [0.717, 1.165) is 6.92 Å². The van der Waals surface area contributed by atoms with Crippen LogP contribution in [-0.2, 0) is 9.36 Å². The number of aliphatic carboxylic acids is 1. The Hall–Kier alpha value is -0.150. The first-order valence-electron chi connectivity index (χ1n) is 4.39. The van der Waals surface area contributed by atoms with Crippen LogP contribution in [0.15, 0.2) is 0 Å². The van der Waals surface area contributed by atoms with Gasteiger partial charge in [-0.2, -0.15) is 0 Å². The van der Waals surface area contributed by atoms with Gasteiger partial charge in [-0.1, -0.05) is 0 Å². The molecule has 0 amide bonds. The van der Waals surface area contributed by atoms with E-state index in [1.165, 1.54) is 0 Å². The molecule has 0 heterocycles. The van der Waals surface area contributed by atoms with Crippen LogP contribution in [-0.4, -0.2) is 71.6 Å². The summed E-state index contributed by atoms with van der Waals surface area (Å²) >= 11 is 0. The molecule has 0 atom stereocenters. The number of carbonyl (C=O) groups is 1. The first-order valence-corrected chi connectivity index (χ1v) is 8.78. The van der Waals surface area contributed by atoms with Crippen molar-refractivity contribution < 1.29 is 49.6 Å². The van der Waals surface area contributed by atoms with E-state index >= 15 is 0 Å². The zero-order valence-electron chi connectivity index (χ0n) is 9.67. The number of carboxylic acids is 1. The Morgan fingerprint density at radius 3 is 1.06 bits per heavy atom. The van der Waals surface area contributed by atoms with Crippen LogP contribution in [0, 0.1) is 0 Å². The second kappa shape index (κ2) is 11.9. The van der Waals surface area contributed by atoms with Crippen molar-refractivity contribution in [3.63, 3.8) is 0 Å². The van der Waals surface area contributed by atoms with Crippen LogP contribution in [0.2, 0.25) is 0 Å². The van der Waals surface area contributed by atoms with Gasteiger partial charge < -0.3 is 19.8 Å². The van der Waals surface area contributed by atoms with Crippen molar-refractivity contribution in [2.75, 3.05) is 25.4 Å². The number of aliphatic hydroxyl groups is 4. The Kier molecular flexibility index (Phi) is 15.2. The van der Waals surface area contributed by atoms with Gasteiger partial charge in [0.25, 0.3) is 5.97 Å². The van der Waals surface area contributed by atoms with Crippen LogP contribution >= 0.6 is 15.1 Å². The Morgan fingerprint density at radius 1 is 0.944 bits per heavy atom. The quantitative estimate of drug-likeness (QED) is 0.261. The van der Waals surface area contributed by atoms with Crippen LogP contribution in [0.5, 0.6) is 0 Å². The van der Waals surface area contributed by atoms with E-state index in [9.17, 15) is 0 Å². The number of hydrogen-bond acceptors (Lipinski definition) is 6. The van der Waals surface area contributed by atoms with Gasteiger partial charge in [0.05, 0.1) is 0 Å². The molecule has 0 saturated heterocycles. The van der Waals surface area contributed by atoms with E-state index in [1.807, 2.05) is 0 Å². The molecule has 0 bridgehead atoms. The van der Waals surface area contributed by atoms with Gasteiger partial charge in [-0.15, -0.1) is 0 Å². The van der Waals surface area contributed by atoms with E-state index in [-0.39, 0.29) is 25.4 Å². The molecule has 0 aromatic rings. The molecule has 0 unspecified atom stereocenters. The zero-order chi connectivity index (χ0) is 15.4. The number of hydrogen-bond donors (Lipinski definition) is 8. The van der Waals surface area contributed by atoms with Crippen molar-refractivity contribution in [1.82, 2.24) is 0 Å². The third-order valence-electron chi connectivity index (χ3n) is 1.34. The third kappa shape index (κ3) is 24.9. The van der Waals surface area contributed by atoms with Gasteiger partial charge in [-0.25, -0.2) is 4.57 Å². The first-order chi connectivity index (χ1) is 7.97. The Balaban J connectivity index is -0.000000212. The summed E-state index contributed by atoms with van der Waals surface area (Å²) in [5.74, 6) is -0.833. The van der Waals surface area contributed by atoms with E-state index in [4.69, 9.17) is 49.6 Å². The second-order valence-corrected chi connectivity index (χ2v) is 8.46. The summed E-state index contributed by atoms with van der Waals surface area (Å²) in [7, 11) is -7.11. The molecule has 114 valence electrons. The number of phosphoric acid groups is 1. The number of carboxylic acid groups (broad SMARTS) is 1. The SMILES string of the molecule is CC(=O)O.O=P(O)(O)O.OC[PH](CO)(CO)CO. The molecule has 0 aliphatic carbocycles. The normalized spacial score (nSPS) is 11.6. The minimum absolute atomic E-state index is 0.267. The zero-order valence-corrected chi connectivity index (χ0v) is 11.6. The van der Waals surface area contributed by atoms with Gasteiger partial charge in [0.1, 0.15) is 0 Å². The van der Waals surface area contributed by atoms with Gasteiger partial charge in [-0.05, 0) is 0 Å². The van der Waals surface area contributed by atoms with Crippen molar-refractivity contribution in [2.24, 2.45) is 0 Å². The summed E-state index contributed by atoms with van der Waals surface area (Å²) in [6.07, 6.45) is -1.07. The fourth-order valence-electron chi connectivity index (χ4n) is 0.300. The summed E-state index contributed by atoms with van der Waals surface area (Å²) < 4.78 is 8.88. The van der Waals surface area contributed by atoms with Crippen LogP contribution in [0.25, 0.3) is 0 Å². The van der Waals surface area contributed by atoms with Gasteiger partial charge >= 0.3 is 60.9 Å².